The summed E-state index contributed by atoms with van der Waals surface area (Å²) in [5, 5.41) is 10.3. The molecule has 0 saturated heterocycles. The number of carboxylic acid groups (broad SMARTS) is 1. The Balaban J connectivity index is 3.65. The molecular weight excluding hydrogens is 272 g/mol. The summed E-state index contributed by atoms with van der Waals surface area (Å²) in [5.74, 6) is 0.227. The van der Waals surface area contributed by atoms with Crippen LogP contribution in [0.15, 0.2) is 12.1 Å². The lowest BCUT2D eigenvalue weighted by Gasteiger charge is -2.38. The summed E-state index contributed by atoms with van der Waals surface area (Å²) < 4.78 is 10.9. The molecule has 0 aromatic heterocycles. The molecule has 0 fully saturated rings. The van der Waals surface area contributed by atoms with Gasteiger partial charge in [-0.1, -0.05) is 33.9 Å². The van der Waals surface area contributed by atoms with E-state index in [9.17, 15) is 9.90 Å². The fraction of sp³-hybridized carbons (Fsp3) is 0.533. The maximum Gasteiger partial charge on any atom is 0.335 e. The van der Waals surface area contributed by atoms with Crippen molar-refractivity contribution in [1.82, 2.24) is 0 Å². The zero-order chi connectivity index (χ0) is 15.7. The van der Waals surface area contributed by atoms with Gasteiger partial charge in [-0.15, -0.1) is 0 Å². The lowest BCUT2D eigenvalue weighted by Crippen LogP contribution is -2.50. The van der Waals surface area contributed by atoms with Crippen LogP contribution in [0.2, 0.25) is 18.1 Å². The average Bonchev–Trinajstić information content (AvgIpc) is 2.35. The van der Waals surface area contributed by atoms with Crippen LogP contribution >= 0.6 is 0 Å². The number of carboxylic acids is 1. The highest BCUT2D eigenvalue weighted by molar-refractivity contribution is 6.93. The monoisotopic (exact) mass is 296 g/mol. The van der Waals surface area contributed by atoms with Crippen molar-refractivity contribution in [3.63, 3.8) is 0 Å². The lowest BCUT2D eigenvalue weighted by atomic mass is 10.2. The molecule has 0 aliphatic rings. The van der Waals surface area contributed by atoms with Gasteiger partial charge in [0.15, 0.2) is 0 Å². The summed E-state index contributed by atoms with van der Waals surface area (Å²) in [6.45, 7) is 11.1. The average molecular weight is 296 g/mol. The van der Waals surface area contributed by atoms with Crippen LogP contribution in [0, 0.1) is 0 Å². The van der Waals surface area contributed by atoms with Gasteiger partial charge in [0, 0.05) is 5.19 Å². The second-order valence-electron chi connectivity index (χ2n) is 6.44. The molecule has 1 aromatic carbocycles. The number of hydrogen-bond donors (Lipinski definition) is 1. The van der Waals surface area contributed by atoms with Crippen LogP contribution in [-0.2, 0) is 0 Å². The van der Waals surface area contributed by atoms with Gasteiger partial charge >= 0.3 is 5.97 Å². The highest BCUT2D eigenvalue weighted by Crippen LogP contribution is 2.39. The number of rotatable bonds is 4. The maximum absolute atomic E-state index is 11.2. The molecule has 4 nitrogen and oxygen atoms in total. The quantitative estimate of drug-likeness (QED) is 0.867. The molecule has 1 N–H and O–H groups in total. The summed E-state index contributed by atoms with van der Waals surface area (Å²) in [7, 11) is 1.22. The topological polar surface area (TPSA) is 55.8 Å². The largest absolute Gasteiger partial charge is 0.497 e. The molecule has 0 spiro atoms. The minimum Gasteiger partial charge on any atom is -0.497 e. The predicted molar refractivity (Wildman–Crippen MR) is 83.3 cm³/mol. The molecule has 1 aromatic rings. The molecule has 0 aliphatic heterocycles. The van der Waals surface area contributed by atoms with Crippen LogP contribution in [0.25, 0.3) is 0 Å². The van der Waals surface area contributed by atoms with Crippen molar-refractivity contribution in [2.45, 2.75) is 38.9 Å². The summed E-state index contributed by atoms with van der Waals surface area (Å²) in [6, 6.07) is 3.17. The van der Waals surface area contributed by atoms with E-state index in [4.69, 9.17) is 9.47 Å². The van der Waals surface area contributed by atoms with Gasteiger partial charge in [0.05, 0.1) is 27.9 Å². The fourth-order valence-electron chi connectivity index (χ4n) is 2.03. The fourth-order valence-corrected chi connectivity index (χ4v) is 4.36. The van der Waals surface area contributed by atoms with E-state index >= 15 is 0 Å². The van der Waals surface area contributed by atoms with Gasteiger partial charge in [-0.2, -0.15) is 0 Å². The molecule has 0 aliphatic carbocycles. The van der Waals surface area contributed by atoms with E-state index in [-0.39, 0.29) is 10.6 Å². The molecule has 0 amide bonds. The van der Waals surface area contributed by atoms with E-state index in [1.165, 1.54) is 0 Å². The third-order valence-electron chi connectivity index (χ3n) is 4.25. The molecule has 0 bridgehead atoms. The highest BCUT2D eigenvalue weighted by Gasteiger charge is 2.41. The number of ether oxygens (including phenoxy) is 2. The normalized spacial score (nSPS) is 12.2. The number of methoxy groups -OCH3 is 2. The van der Waals surface area contributed by atoms with Crippen LogP contribution in [0.5, 0.6) is 11.5 Å². The number of benzene rings is 1. The third kappa shape index (κ3) is 2.82. The Bertz CT molecular complexity index is 490. The Labute approximate surface area is 121 Å². The molecule has 0 unspecified atom stereocenters. The molecule has 5 heteroatoms. The Morgan fingerprint density at radius 2 is 1.50 bits per heavy atom. The van der Waals surface area contributed by atoms with Gasteiger partial charge in [0.2, 0.25) is 0 Å². The number of carbonyl (C=O) groups is 1. The van der Waals surface area contributed by atoms with E-state index in [0.29, 0.717) is 11.5 Å². The molecule has 0 radical (unpaired) electrons. The molecule has 112 valence electrons. The van der Waals surface area contributed by atoms with Crippen molar-refractivity contribution < 1.29 is 19.4 Å². The highest BCUT2D eigenvalue weighted by atomic mass is 28.3. The van der Waals surface area contributed by atoms with E-state index < -0.39 is 14.0 Å². The lowest BCUT2D eigenvalue weighted by molar-refractivity contribution is 0.0696. The zero-order valence-electron chi connectivity index (χ0n) is 13.3. The second kappa shape index (κ2) is 5.48. The van der Waals surface area contributed by atoms with Gasteiger partial charge in [-0.3, -0.25) is 0 Å². The predicted octanol–water partition coefficient (Wildman–Crippen LogP) is 3.12. The summed E-state index contributed by atoms with van der Waals surface area (Å²) in [4.78, 5) is 11.2. The van der Waals surface area contributed by atoms with Crippen molar-refractivity contribution in [2.75, 3.05) is 14.2 Å². The Morgan fingerprint density at radius 3 is 1.75 bits per heavy atom. The van der Waals surface area contributed by atoms with Crippen molar-refractivity contribution in [3.8, 4) is 11.5 Å². The van der Waals surface area contributed by atoms with Crippen LogP contribution in [0.1, 0.15) is 31.1 Å². The minimum absolute atomic E-state index is 0.0955. The number of aromatic carboxylic acids is 1. The van der Waals surface area contributed by atoms with Crippen molar-refractivity contribution in [2.24, 2.45) is 0 Å². The van der Waals surface area contributed by atoms with Crippen LogP contribution in [-0.4, -0.2) is 33.4 Å². The van der Waals surface area contributed by atoms with Crippen molar-refractivity contribution in [3.05, 3.63) is 17.7 Å². The van der Waals surface area contributed by atoms with Crippen molar-refractivity contribution >= 4 is 19.2 Å². The van der Waals surface area contributed by atoms with Crippen LogP contribution in [0.4, 0.5) is 0 Å². The Morgan fingerprint density at radius 1 is 1.10 bits per heavy atom. The molecule has 0 heterocycles. The first-order chi connectivity index (χ1) is 9.06. The van der Waals surface area contributed by atoms with Gasteiger partial charge in [0.1, 0.15) is 11.5 Å². The standard InChI is InChI=1S/C15H24O4Si/c1-15(2,3)20(6,7)13-11(18-4)8-10(14(16)17)9-12(13)19-5/h8-9H,1-7H3,(H,16,17). The first-order valence-corrected chi connectivity index (χ1v) is 9.56. The first-order valence-electron chi connectivity index (χ1n) is 6.56. The summed E-state index contributed by atoms with van der Waals surface area (Å²) in [6.07, 6.45) is 0. The molecule has 1 rings (SSSR count). The summed E-state index contributed by atoms with van der Waals surface area (Å²) in [5.41, 5.74) is 0.182. The SMILES string of the molecule is COc1cc(C(=O)O)cc(OC)c1[Si](C)(C)C(C)(C)C. The van der Waals surface area contributed by atoms with E-state index in [1.807, 2.05) is 0 Å². The molecule has 0 saturated carbocycles. The van der Waals surface area contributed by atoms with E-state index in [2.05, 4.69) is 33.9 Å². The number of hydrogen-bond acceptors (Lipinski definition) is 3. The minimum atomic E-state index is -1.91. The van der Waals surface area contributed by atoms with Crippen LogP contribution in [0.3, 0.4) is 0 Å². The molecule has 20 heavy (non-hydrogen) atoms. The van der Waals surface area contributed by atoms with Gasteiger partial charge in [-0.25, -0.2) is 4.79 Å². The van der Waals surface area contributed by atoms with Gasteiger partial charge in [0.25, 0.3) is 0 Å². The van der Waals surface area contributed by atoms with Gasteiger partial charge < -0.3 is 14.6 Å². The second-order valence-corrected chi connectivity index (χ2v) is 11.7. The van der Waals surface area contributed by atoms with E-state index in [1.54, 1.807) is 26.4 Å². The van der Waals surface area contributed by atoms with Gasteiger partial charge in [-0.05, 0) is 17.2 Å². The Kier molecular flexibility index (Phi) is 4.54. The van der Waals surface area contributed by atoms with Crippen molar-refractivity contribution in [1.29, 1.82) is 0 Å². The van der Waals surface area contributed by atoms with Crippen LogP contribution < -0.4 is 14.7 Å². The maximum atomic E-state index is 11.2. The Hall–Kier alpha value is -1.49. The third-order valence-corrected chi connectivity index (χ3v) is 9.75. The smallest absolute Gasteiger partial charge is 0.335 e. The summed E-state index contributed by atoms with van der Waals surface area (Å²) >= 11 is 0. The molecule has 0 atom stereocenters. The zero-order valence-corrected chi connectivity index (χ0v) is 14.3. The first kappa shape index (κ1) is 16.6. The van der Waals surface area contributed by atoms with E-state index in [0.717, 1.165) is 5.19 Å². The molecular formula is C15H24O4Si.